The number of hydrogen-bond acceptors (Lipinski definition) is 5. The van der Waals surface area contributed by atoms with Crippen molar-refractivity contribution in [3.8, 4) is 0 Å². The fraction of sp³-hybridized carbons (Fsp3) is 0.800. The highest BCUT2D eigenvalue weighted by Crippen LogP contribution is 2.21. The van der Waals surface area contributed by atoms with Gasteiger partial charge in [0.25, 0.3) is 0 Å². The topological polar surface area (TPSA) is 75.4 Å². The molecule has 0 saturated carbocycles. The van der Waals surface area contributed by atoms with Crippen molar-refractivity contribution < 1.29 is 12.9 Å². The van der Waals surface area contributed by atoms with Crippen LogP contribution in [0.3, 0.4) is 0 Å². The van der Waals surface area contributed by atoms with Crippen molar-refractivity contribution in [1.29, 1.82) is 0 Å². The number of likely N-dealkylation sites (tertiary alicyclic amines) is 1. The van der Waals surface area contributed by atoms with Crippen LogP contribution in [0, 0.1) is 19.8 Å². The first-order valence-electron chi connectivity index (χ1n) is 7.98. The van der Waals surface area contributed by atoms with Gasteiger partial charge >= 0.3 is 0 Å². The molecule has 2 rings (SSSR count). The number of aromatic nitrogens is 1. The van der Waals surface area contributed by atoms with Gasteiger partial charge in [0.15, 0.2) is 5.76 Å². The third-order valence-electron chi connectivity index (χ3n) is 4.15. The maximum Gasteiger partial charge on any atom is 0.246 e. The molecule has 1 N–H and O–H groups in total. The van der Waals surface area contributed by atoms with Gasteiger partial charge in [-0.2, -0.15) is 0 Å². The number of hydrogen-bond donors (Lipinski definition) is 1. The van der Waals surface area contributed by atoms with Crippen molar-refractivity contribution in [2.45, 2.75) is 57.9 Å². The second-order valence-corrected chi connectivity index (χ2v) is 8.24. The summed E-state index contributed by atoms with van der Waals surface area (Å²) in [6, 6.07) is 0.248. The molecule has 1 saturated heterocycles. The summed E-state index contributed by atoms with van der Waals surface area (Å²) in [5.41, 5.74) is 0.409. The Kier molecular flexibility index (Phi) is 5.63. The predicted molar refractivity (Wildman–Crippen MR) is 85.2 cm³/mol. The largest absolute Gasteiger partial charge is 0.360 e. The Morgan fingerprint density at radius 2 is 1.91 bits per heavy atom. The highest BCUT2D eigenvalue weighted by Gasteiger charge is 2.28. The Balaban J connectivity index is 2.07. The summed E-state index contributed by atoms with van der Waals surface area (Å²) in [6.45, 7) is 10.2. The molecule has 1 fully saturated rings. The van der Waals surface area contributed by atoms with Crippen molar-refractivity contribution in [3.63, 3.8) is 0 Å². The second kappa shape index (κ2) is 7.10. The van der Waals surface area contributed by atoms with Gasteiger partial charge in [0, 0.05) is 12.6 Å². The minimum atomic E-state index is -3.57. The van der Waals surface area contributed by atoms with Crippen LogP contribution in [0.15, 0.2) is 9.42 Å². The lowest BCUT2D eigenvalue weighted by atomic mass is 10.0. The average Bonchev–Trinajstić information content (AvgIpc) is 3.04. The zero-order valence-corrected chi connectivity index (χ0v) is 14.7. The van der Waals surface area contributed by atoms with E-state index in [-0.39, 0.29) is 10.9 Å². The smallest absolute Gasteiger partial charge is 0.246 e. The van der Waals surface area contributed by atoms with E-state index in [2.05, 4.69) is 28.6 Å². The van der Waals surface area contributed by atoms with Crippen LogP contribution in [0.25, 0.3) is 0 Å². The minimum Gasteiger partial charge on any atom is -0.360 e. The van der Waals surface area contributed by atoms with Crippen LogP contribution in [0.4, 0.5) is 0 Å². The quantitative estimate of drug-likeness (QED) is 0.829. The first-order valence-corrected chi connectivity index (χ1v) is 9.46. The summed E-state index contributed by atoms with van der Waals surface area (Å²) in [7, 11) is -3.57. The van der Waals surface area contributed by atoms with Crippen LogP contribution >= 0.6 is 0 Å². The molecule has 1 aromatic heterocycles. The number of sulfonamides is 1. The number of nitrogens with one attached hydrogen (secondary N) is 1. The summed E-state index contributed by atoms with van der Waals surface area (Å²) in [5, 5.41) is 3.73. The van der Waals surface area contributed by atoms with E-state index in [1.807, 2.05) is 0 Å². The third-order valence-corrected chi connectivity index (χ3v) is 5.81. The maximum absolute atomic E-state index is 12.5. The lowest BCUT2D eigenvalue weighted by Gasteiger charge is -2.29. The van der Waals surface area contributed by atoms with E-state index < -0.39 is 10.0 Å². The van der Waals surface area contributed by atoms with Crippen LogP contribution in [-0.2, 0) is 10.0 Å². The molecule has 0 aromatic carbocycles. The molecular formula is C15H27N3O3S. The van der Waals surface area contributed by atoms with Gasteiger partial charge in [-0.3, -0.25) is 4.90 Å². The molecule has 7 heteroatoms. The van der Waals surface area contributed by atoms with Crippen LogP contribution in [0.1, 0.15) is 44.6 Å². The van der Waals surface area contributed by atoms with E-state index in [4.69, 9.17) is 4.52 Å². The zero-order chi connectivity index (χ0) is 16.3. The maximum atomic E-state index is 12.5. The van der Waals surface area contributed by atoms with Crippen molar-refractivity contribution >= 4 is 10.0 Å². The molecular weight excluding hydrogens is 302 g/mol. The van der Waals surface area contributed by atoms with E-state index >= 15 is 0 Å². The molecule has 1 aliphatic rings. The summed E-state index contributed by atoms with van der Waals surface area (Å²) < 4.78 is 32.8. The molecule has 1 aliphatic heterocycles. The monoisotopic (exact) mass is 329 g/mol. The summed E-state index contributed by atoms with van der Waals surface area (Å²) in [4.78, 5) is 2.58. The molecule has 1 atom stereocenters. The molecule has 0 aliphatic carbocycles. The Morgan fingerprint density at radius 3 is 2.41 bits per heavy atom. The summed E-state index contributed by atoms with van der Waals surface area (Å²) in [5.74, 6) is 0.876. The third kappa shape index (κ3) is 4.08. The van der Waals surface area contributed by atoms with Crippen LogP contribution in [0.5, 0.6) is 0 Å². The van der Waals surface area contributed by atoms with Crippen molar-refractivity contribution in [1.82, 2.24) is 14.8 Å². The molecule has 6 nitrogen and oxygen atoms in total. The van der Waals surface area contributed by atoms with Crippen LogP contribution in [-0.4, -0.2) is 44.2 Å². The van der Waals surface area contributed by atoms with Crippen LogP contribution < -0.4 is 4.72 Å². The SMILES string of the molecule is Cc1noc(C)c1S(=O)(=O)NCC(CC(C)C)N1CCCC1. The van der Waals surface area contributed by atoms with Gasteiger partial charge < -0.3 is 4.52 Å². The normalized spacial score (nSPS) is 18.2. The van der Waals surface area contributed by atoms with Gasteiger partial charge in [0.1, 0.15) is 10.6 Å². The highest BCUT2D eigenvalue weighted by molar-refractivity contribution is 7.89. The van der Waals surface area contributed by atoms with E-state index in [0.29, 0.717) is 23.9 Å². The van der Waals surface area contributed by atoms with Gasteiger partial charge in [-0.1, -0.05) is 19.0 Å². The van der Waals surface area contributed by atoms with E-state index in [0.717, 1.165) is 19.5 Å². The van der Waals surface area contributed by atoms with Gasteiger partial charge in [-0.25, -0.2) is 13.1 Å². The first-order chi connectivity index (χ1) is 10.3. The van der Waals surface area contributed by atoms with E-state index in [1.54, 1.807) is 13.8 Å². The molecule has 0 amide bonds. The lowest BCUT2D eigenvalue weighted by molar-refractivity contribution is 0.214. The van der Waals surface area contributed by atoms with Gasteiger partial charge in [0.2, 0.25) is 10.0 Å². The summed E-state index contributed by atoms with van der Waals surface area (Å²) >= 11 is 0. The van der Waals surface area contributed by atoms with E-state index in [1.165, 1.54) is 12.8 Å². The number of aryl methyl sites for hydroxylation is 2. The molecule has 126 valence electrons. The predicted octanol–water partition coefficient (Wildman–Crippen LogP) is 2.08. The highest BCUT2D eigenvalue weighted by atomic mass is 32.2. The van der Waals surface area contributed by atoms with Gasteiger partial charge in [-0.05, 0) is 52.1 Å². The lowest BCUT2D eigenvalue weighted by Crippen LogP contribution is -2.43. The second-order valence-electron chi connectivity index (χ2n) is 6.53. The number of nitrogens with zero attached hydrogens (tertiary/aromatic N) is 2. The fourth-order valence-corrected chi connectivity index (χ4v) is 4.55. The molecule has 2 heterocycles. The molecule has 22 heavy (non-hydrogen) atoms. The Hall–Kier alpha value is -0.920. The summed E-state index contributed by atoms with van der Waals surface area (Å²) in [6.07, 6.45) is 3.39. The average molecular weight is 329 g/mol. The Labute approximate surface area is 133 Å². The van der Waals surface area contributed by atoms with Gasteiger partial charge in [0.05, 0.1) is 0 Å². The van der Waals surface area contributed by atoms with Crippen LogP contribution in [0.2, 0.25) is 0 Å². The van der Waals surface area contributed by atoms with E-state index in [9.17, 15) is 8.42 Å². The number of rotatable bonds is 7. The van der Waals surface area contributed by atoms with Crippen molar-refractivity contribution in [2.75, 3.05) is 19.6 Å². The molecule has 1 aromatic rings. The molecule has 0 radical (unpaired) electrons. The standard InChI is InChI=1S/C15H27N3O3S/c1-11(2)9-14(18-7-5-6-8-18)10-16-22(19,20)15-12(3)17-21-13(15)4/h11,14,16H,5-10H2,1-4H3. The molecule has 1 unspecified atom stereocenters. The first kappa shape index (κ1) is 17.4. The van der Waals surface area contributed by atoms with Crippen molar-refractivity contribution in [2.24, 2.45) is 5.92 Å². The fourth-order valence-electron chi connectivity index (χ4n) is 3.15. The Morgan fingerprint density at radius 1 is 1.27 bits per heavy atom. The zero-order valence-electron chi connectivity index (χ0n) is 13.9. The minimum absolute atomic E-state index is 0.178. The van der Waals surface area contributed by atoms with Gasteiger partial charge in [-0.15, -0.1) is 0 Å². The molecule has 0 spiro atoms. The Bertz CT molecular complexity index is 570. The molecule has 0 bridgehead atoms. The van der Waals surface area contributed by atoms with Crippen molar-refractivity contribution in [3.05, 3.63) is 11.5 Å².